The SMILES string of the molecule is O=C(O)C1COCC1C(F)(F)F. The standard InChI is InChI=1S/C6H7F3O3/c7-6(8,9)4-2-12-1-3(4)5(10)11/h3-4H,1-2H2,(H,10,11). The van der Waals surface area contributed by atoms with Crippen molar-refractivity contribution in [2.24, 2.45) is 11.8 Å². The summed E-state index contributed by atoms with van der Waals surface area (Å²) in [5.41, 5.74) is 0. The lowest BCUT2D eigenvalue weighted by Gasteiger charge is -2.16. The number of carboxylic acid groups (broad SMARTS) is 1. The highest BCUT2D eigenvalue weighted by Crippen LogP contribution is 2.36. The van der Waals surface area contributed by atoms with Crippen LogP contribution in [0.25, 0.3) is 0 Å². The summed E-state index contributed by atoms with van der Waals surface area (Å²) in [5.74, 6) is -4.74. The fourth-order valence-corrected chi connectivity index (χ4v) is 1.12. The predicted octanol–water partition coefficient (Wildman–Crippen LogP) is 0.896. The summed E-state index contributed by atoms with van der Waals surface area (Å²) in [6.45, 7) is -0.889. The van der Waals surface area contributed by atoms with Crippen LogP contribution in [0.3, 0.4) is 0 Å². The number of carbonyl (C=O) groups is 1. The first-order valence-corrected chi connectivity index (χ1v) is 3.30. The van der Waals surface area contributed by atoms with Gasteiger partial charge >= 0.3 is 12.1 Å². The number of hydrogen-bond acceptors (Lipinski definition) is 2. The second-order valence-corrected chi connectivity index (χ2v) is 2.63. The van der Waals surface area contributed by atoms with E-state index in [-0.39, 0.29) is 6.61 Å². The predicted molar refractivity (Wildman–Crippen MR) is 31.5 cm³/mol. The summed E-state index contributed by atoms with van der Waals surface area (Å²) in [4.78, 5) is 10.3. The van der Waals surface area contributed by atoms with Crippen LogP contribution in [0.1, 0.15) is 0 Å². The van der Waals surface area contributed by atoms with Gasteiger partial charge in [0.1, 0.15) is 0 Å². The van der Waals surface area contributed by atoms with Crippen LogP contribution in [0, 0.1) is 11.8 Å². The molecule has 70 valence electrons. The smallest absolute Gasteiger partial charge is 0.394 e. The molecule has 0 amide bonds. The molecule has 3 nitrogen and oxygen atoms in total. The summed E-state index contributed by atoms with van der Waals surface area (Å²) in [5, 5.41) is 8.37. The lowest BCUT2D eigenvalue weighted by Crippen LogP contribution is -2.33. The summed E-state index contributed by atoms with van der Waals surface area (Å²) in [6.07, 6.45) is -4.47. The maximum Gasteiger partial charge on any atom is 0.394 e. The van der Waals surface area contributed by atoms with Crippen molar-refractivity contribution >= 4 is 5.97 Å². The largest absolute Gasteiger partial charge is 0.481 e. The third-order valence-corrected chi connectivity index (χ3v) is 1.82. The van der Waals surface area contributed by atoms with Crippen molar-refractivity contribution in [3.63, 3.8) is 0 Å². The molecule has 1 fully saturated rings. The molecule has 1 rings (SSSR count). The molecule has 0 saturated carbocycles. The summed E-state index contributed by atoms with van der Waals surface area (Å²) in [7, 11) is 0. The molecular weight excluding hydrogens is 177 g/mol. The van der Waals surface area contributed by atoms with Crippen molar-refractivity contribution in [3.8, 4) is 0 Å². The maximum absolute atomic E-state index is 12.0. The Labute approximate surface area is 66.1 Å². The molecular formula is C6H7F3O3. The fraction of sp³-hybridized carbons (Fsp3) is 0.833. The third kappa shape index (κ3) is 1.69. The van der Waals surface area contributed by atoms with Crippen LogP contribution >= 0.6 is 0 Å². The Morgan fingerprint density at radius 1 is 1.42 bits per heavy atom. The zero-order chi connectivity index (χ0) is 9.35. The van der Waals surface area contributed by atoms with Crippen LogP contribution in [0.15, 0.2) is 0 Å². The van der Waals surface area contributed by atoms with Crippen LogP contribution in [-0.4, -0.2) is 30.5 Å². The van der Waals surface area contributed by atoms with Crippen molar-refractivity contribution in [2.45, 2.75) is 6.18 Å². The van der Waals surface area contributed by atoms with E-state index < -0.39 is 30.6 Å². The number of hydrogen-bond donors (Lipinski definition) is 1. The zero-order valence-electron chi connectivity index (χ0n) is 5.97. The molecule has 12 heavy (non-hydrogen) atoms. The zero-order valence-corrected chi connectivity index (χ0v) is 5.97. The van der Waals surface area contributed by atoms with E-state index in [1.54, 1.807) is 0 Å². The number of rotatable bonds is 1. The molecule has 1 aliphatic rings. The molecule has 2 atom stereocenters. The van der Waals surface area contributed by atoms with Gasteiger partial charge in [-0.05, 0) is 0 Å². The molecule has 6 heteroatoms. The minimum Gasteiger partial charge on any atom is -0.481 e. The Bertz CT molecular complexity index is 189. The van der Waals surface area contributed by atoms with Gasteiger partial charge in [0.05, 0.1) is 25.0 Å². The number of ether oxygens (including phenoxy) is 1. The van der Waals surface area contributed by atoms with E-state index in [0.717, 1.165) is 0 Å². The number of carboxylic acids is 1. The van der Waals surface area contributed by atoms with E-state index in [0.29, 0.717) is 0 Å². The molecule has 0 aromatic rings. The molecule has 2 unspecified atom stereocenters. The Morgan fingerprint density at radius 2 is 2.00 bits per heavy atom. The Hall–Kier alpha value is -0.780. The van der Waals surface area contributed by atoms with Crippen LogP contribution in [-0.2, 0) is 9.53 Å². The van der Waals surface area contributed by atoms with E-state index in [4.69, 9.17) is 5.11 Å². The van der Waals surface area contributed by atoms with Crippen LogP contribution in [0.4, 0.5) is 13.2 Å². The van der Waals surface area contributed by atoms with Crippen LogP contribution in [0.2, 0.25) is 0 Å². The quantitative estimate of drug-likeness (QED) is 0.658. The molecule has 0 aliphatic carbocycles. The molecule has 1 aliphatic heterocycles. The second kappa shape index (κ2) is 2.93. The Kier molecular flexibility index (Phi) is 2.27. The van der Waals surface area contributed by atoms with Gasteiger partial charge in [0.15, 0.2) is 0 Å². The maximum atomic E-state index is 12.0. The second-order valence-electron chi connectivity index (χ2n) is 2.63. The average Bonchev–Trinajstić information content (AvgIpc) is 2.30. The lowest BCUT2D eigenvalue weighted by atomic mass is 9.96. The molecule has 1 N–H and O–H groups in total. The highest BCUT2D eigenvalue weighted by atomic mass is 19.4. The number of halogens is 3. The topological polar surface area (TPSA) is 46.5 Å². The van der Waals surface area contributed by atoms with E-state index in [1.807, 2.05) is 0 Å². The van der Waals surface area contributed by atoms with Crippen molar-refractivity contribution in [3.05, 3.63) is 0 Å². The summed E-state index contributed by atoms with van der Waals surface area (Å²) < 4.78 is 40.5. The first kappa shape index (κ1) is 9.31. The molecule has 0 spiro atoms. The summed E-state index contributed by atoms with van der Waals surface area (Å²) in [6, 6.07) is 0. The monoisotopic (exact) mass is 184 g/mol. The highest BCUT2D eigenvalue weighted by molar-refractivity contribution is 5.71. The van der Waals surface area contributed by atoms with Gasteiger partial charge in [-0.25, -0.2) is 0 Å². The van der Waals surface area contributed by atoms with Gasteiger partial charge in [-0.1, -0.05) is 0 Å². The van der Waals surface area contributed by atoms with Gasteiger partial charge in [0, 0.05) is 0 Å². The van der Waals surface area contributed by atoms with E-state index in [1.165, 1.54) is 0 Å². The van der Waals surface area contributed by atoms with Crippen molar-refractivity contribution < 1.29 is 27.8 Å². The van der Waals surface area contributed by atoms with Gasteiger partial charge < -0.3 is 9.84 Å². The highest BCUT2D eigenvalue weighted by Gasteiger charge is 2.50. The Morgan fingerprint density at radius 3 is 2.33 bits per heavy atom. The Balaban J connectivity index is 2.71. The van der Waals surface area contributed by atoms with Gasteiger partial charge in [-0.3, -0.25) is 4.79 Å². The van der Waals surface area contributed by atoms with Gasteiger partial charge in [0.25, 0.3) is 0 Å². The van der Waals surface area contributed by atoms with Gasteiger partial charge in [0.2, 0.25) is 0 Å². The molecule has 0 aromatic heterocycles. The van der Waals surface area contributed by atoms with E-state index in [9.17, 15) is 18.0 Å². The number of alkyl halides is 3. The van der Waals surface area contributed by atoms with Crippen molar-refractivity contribution in [1.82, 2.24) is 0 Å². The fourth-order valence-electron chi connectivity index (χ4n) is 1.12. The minimum atomic E-state index is -4.47. The lowest BCUT2D eigenvalue weighted by molar-refractivity contribution is -0.189. The molecule has 1 saturated heterocycles. The van der Waals surface area contributed by atoms with Gasteiger partial charge in [-0.15, -0.1) is 0 Å². The van der Waals surface area contributed by atoms with Crippen LogP contribution < -0.4 is 0 Å². The normalized spacial score (nSPS) is 30.6. The minimum absolute atomic E-state index is 0.348. The van der Waals surface area contributed by atoms with Gasteiger partial charge in [-0.2, -0.15) is 13.2 Å². The molecule has 0 aromatic carbocycles. The van der Waals surface area contributed by atoms with Crippen molar-refractivity contribution in [1.29, 1.82) is 0 Å². The van der Waals surface area contributed by atoms with E-state index >= 15 is 0 Å². The van der Waals surface area contributed by atoms with Crippen molar-refractivity contribution in [2.75, 3.05) is 13.2 Å². The average molecular weight is 184 g/mol. The van der Waals surface area contributed by atoms with E-state index in [2.05, 4.69) is 4.74 Å². The molecule has 0 radical (unpaired) electrons. The third-order valence-electron chi connectivity index (χ3n) is 1.82. The first-order chi connectivity index (χ1) is 5.43. The number of aliphatic carboxylic acids is 1. The summed E-state index contributed by atoms with van der Waals surface area (Å²) >= 11 is 0. The first-order valence-electron chi connectivity index (χ1n) is 3.30. The van der Waals surface area contributed by atoms with Crippen LogP contribution in [0.5, 0.6) is 0 Å². The molecule has 0 bridgehead atoms. The molecule has 1 heterocycles.